The number of hydrogen-bond donors (Lipinski definition) is 1. The summed E-state index contributed by atoms with van der Waals surface area (Å²) in [7, 11) is 0. The van der Waals surface area contributed by atoms with Crippen molar-refractivity contribution in [3.05, 3.63) is 33.7 Å². The minimum Gasteiger partial charge on any atom is -0.376 e. The third kappa shape index (κ3) is 4.50. The van der Waals surface area contributed by atoms with E-state index in [2.05, 4.69) is 17.0 Å². The van der Waals surface area contributed by atoms with E-state index < -0.39 is 0 Å². The molecule has 0 spiro atoms. The molecule has 1 aromatic heterocycles. The Kier molecular flexibility index (Phi) is 6.81. The molecule has 0 bridgehead atoms. The number of nitrogens with zero attached hydrogens (tertiary/aromatic N) is 1. The molecular formula is C22H34N2O3S. The molecule has 5 nitrogen and oxygen atoms in total. The van der Waals surface area contributed by atoms with E-state index >= 15 is 0 Å². The van der Waals surface area contributed by atoms with Gasteiger partial charge >= 0.3 is 0 Å². The average Bonchev–Trinajstić information content (AvgIpc) is 2.68. The highest BCUT2D eigenvalue weighted by molar-refractivity contribution is 7.96. The fourth-order valence-corrected chi connectivity index (χ4v) is 5.34. The Bertz CT molecular complexity index is 710. The van der Waals surface area contributed by atoms with Crippen molar-refractivity contribution in [2.75, 3.05) is 12.9 Å². The Morgan fingerprint density at radius 1 is 1.07 bits per heavy atom. The number of aromatic nitrogens is 1. The second kappa shape index (κ2) is 9.33. The van der Waals surface area contributed by atoms with E-state index in [4.69, 9.17) is 9.47 Å². The van der Waals surface area contributed by atoms with Crippen LogP contribution in [0.2, 0.25) is 0 Å². The monoisotopic (exact) mass is 406 g/mol. The number of pyridine rings is 1. The zero-order chi connectivity index (χ0) is 19.5. The largest absolute Gasteiger partial charge is 0.376 e. The standard InChI is InChI=1S/C22H34N2O3S/c1-15-6-7-16-8-13-20(23-28-2)21(24(16)22(15)25)14-26-17-9-11-19(12-10-17)27-18-4-3-5-18/h6-7,17-21,23H,3-5,8-14H2,1-2H3. The van der Waals surface area contributed by atoms with Gasteiger partial charge in [-0.15, -0.1) is 0 Å². The number of rotatable bonds is 7. The molecular weight excluding hydrogens is 372 g/mol. The molecule has 156 valence electrons. The van der Waals surface area contributed by atoms with Crippen molar-refractivity contribution in [2.24, 2.45) is 0 Å². The first-order valence-electron chi connectivity index (χ1n) is 10.9. The summed E-state index contributed by atoms with van der Waals surface area (Å²) in [4.78, 5) is 12.9. The summed E-state index contributed by atoms with van der Waals surface area (Å²) in [6.07, 6.45) is 13.4. The third-order valence-electron chi connectivity index (χ3n) is 6.73. The minimum atomic E-state index is 0.0625. The highest BCUT2D eigenvalue weighted by Crippen LogP contribution is 2.31. The zero-order valence-corrected chi connectivity index (χ0v) is 18.0. The molecule has 28 heavy (non-hydrogen) atoms. The predicted molar refractivity (Wildman–Crippen MR) is 114 cm³/mol. The molecule has 1 aromatic rings. The fraction of sp³-hybridized carbons (Fsp3) is 0.773. The zero-order valence-electron chi connectivity index (χ0n) is 17.2. The van der Waals surface area contributed by atoms with Crippen molar-refractivity contribution in [1.82, 2.24) is 9.29 Å². The van der Waals surface area contributed by atoms with Crippen LogP contribution in [0, 0.1) is 6.92 Å². The van der Waals surface area contributed by atoms with Crippen LogP contribution in [0.1, 0.15) is 68.7 Å². The van der Waals surface area contributed by atoms with Crippen molar-refractivity contribution < 1.29 is 9.47 Å². The Hall–Kier alpha value is -0.820. The topological polar surface area (TPSA) is 52.5 Å². The van der Waals surface area contributed by atoms with Gasteiger partial charge in [-0.3, -0.25) is 9.52 Å². The molecule has 0 aromatic carbocycles. The molecule has 1 aliphatic heterocycles. The van der Waals surface area contributed by atoms with Gasteiger partial charge in [-0.2, -0.15) is 0 Å². The maximum Gasteiger partial charge on any atom is 0.254 e. The summed E-state index contributed by atoms with van der Waals surface area (Å²) >= 11 is 1.63. The Balaban J connectivity index is 1.37. The van der Waals surface area contributed by atoms with Crippen LogP contribution in [0.5, 0.6) is 0 Å². The van der Waals surface area contributed by atoms with Gasteiger partial charge in [0.25, 0.3) is 5.56 Å². The summed E-state index contributed by atoms with van der Waals surface area (Å²) in [5.74, 6) is 0. The average molecular weight is 407 g/mol. The molecule has 2 heterocycles. The molecule has 1 N–H and O–H groups in total. The van der Waals surface area contributed by atoms with Crippen LogP contribution in [-0.4, -0.2) is 41.8 Å². The summed E-state index contributed by atoms with van der Waals surface area (Å²) in [5.41, 5.74) is 2.09. The van der Waals surface area contributed by atoms with E-state index in [0.29, 0.717) is 24.9 Å². The quantitative estimate of drug-likeness (QED) is 0.699. The molecule has 6 heteroatoms. The number of ether oxygens (including phenoxy) is 2. The van der Waals surface area contributed by atoms with E-state index in [1.807, 2.05) is 17.6 Å². The Labute approximate surface area is 172 Å². The highest BCUT2D eigenvalue weighted by Gasteiger charge is 2.32. The van der Waals surface area contributed by atoms with Crippen LogP contribution in [-0.2, 0) is 15.9 Å². The minimum absolute atomic E-state index is 0.0625. The third-order valence-corrected chi connectivity index (χ3v) is 7.27. The van der Waals surface area contributed by atoms with Gasteiger partial charge in [0, 0.05) is 17.3 Å². The molecule has 3 aliphatic rings. The second-order valence-corrected chi connectivity index (χ2v) is 9.28. The smallest absolute Gasteiger partial charge is 0.254 e. The highest BCUT2D eigenvalue weighted by atomic mass is 32.2. The van der Waals surface area contributed by atoms with Crippen molar-refractivity contribution in [3.8, 4) is 0 Å². The normalized spacial score (nSPS) is 30.6. The van der Waals surface area contributed by atoms with Crippen LogP contribution in [0.15, 0.2) is 16.9 Å². The van der Waals surface area contributed by atoms with Gasteiger partial charge in [0.15, 0.2) is 0 Å². The van der Waals surface area contributed by atoms with E-state index in [1.54, 1.807) is 11.9 Å². The summed E-state index contributed by atoms with van der Waals surface area (Å²) in [6, 6.07) is 4.40. The van der Waals surface area contributed by atoms with Crippen LogP contribution < -0.4 is 10.3 Å². The lowest BCUT2D eigenvalue weighted by atomic mass is 9.92. The molecule has 2 unspecified atom stereocenters. The van der Waals surface area contributed by atoms with Crippen LogP contribution >= 0.6 is 11.9 Å². The first-order chi connectivity index (χ1) is 13.7. The molecule has 0 saturated heterocycles. The molecule has 2 atom stereocenters. The number of aryl methyl sites for hydroxylation is 2. The van der Waals surface area contributed by atoms with Crippen molar-refractivity contribution in [2.45, 2.75) is 95.1 Å². The van der Waals surface area contributed by atoms with E-state index in [9.17, 15) is 4.79 Å². The van der Waals surface area contributed by atoms with Crippen molar-refractivity contribution in [3.63, 3.8) is 0 Å². The summed E-state index contributed by atoms with van der Waals surface area (Å²) < 4.78 is 18.1. The van der Waals surface area contributed by atoms with Gasteiger partial charge in [-0.1, -0.05) is 18.0 Å². The summed E-state index contributed by atoms with van der Waals surface area (Å²) in [6.45, 7) is 2.51. The van der Waals surface area contributed by atoms with Gasteiger partial charge < -0.3 is 14.0 Å². The molecule has 0 radical (unpaired) electrons. The maximum absolute atomic E-state index is 12.9. The second-order valence-electron chi connectivity index (χ2n) is 8.64. The maximum atomic E-state index is 12.9. The molecule has 2 aliphatic carbocycles. The summed E-state index contributed by atoms with van der Waals surface area (Å²) in [5, 5.41) is 0. The van der Waals surface area contributed by atoms with Crippen molar-refractivity contribution >= 4 is 11.9 Å². The van der Waals surface area contributed by atoms with E-state index in [0.717, 1.165) is 49.8 Å². The number of nitrogens with one attached hydrogen (secondary N) is 1. The van der Waals surface area contributed by atoms with Crippen LogP contribution in [0.4, 0.5) is 0 Å². The first-order valence-corrected chi connectivity index (χ1v) is 12.1. The van der Waals surface area contributed by atoms with Crippen LogP contribution in [0.25, 0.3) is 0 Å². The van der Waals surface area contributed by atoms with Gasteiger partial charge in [-0.25, -0.2) is 0 Å². The lowest BCUT2D eigenvalue weighted by Crippen LogP contribution is -2.46. The van der Waals surface area contributed by atoms with Crippen LogP contribution in [0.3, 0.4) is 0 Å². The predicted octanol–water partition coefficient (Wildman–Crippen LogP) is 3.78. The Morgan fingerprint density at radius 3 is 2.46 bits per heavy atom. The first kappa shape index (κ1) is 20.5. The molecule has 4 rings (SSSR count). The molecule has 2 saturated carbocycles. The van der Waals surface area contributed by atoms with Gasteiger partial charge in [0.05, 0.1) is 31.0 Å². The lowest BCUT2D eigenvalue weighted by Gasteiger charge is -2.38. The SMILES string of the molecule is CSNC1CCc2ccc(C)c(=O)n2C1COC1CCC(OC2CCC2)CC1. The lowest BCUT2D eigenvalue weighted by molar-refractivity contribution is -0.0886. The Morgan fingerprint density at radius 2 is 1.79 bits per heavy atom. The fourth-order valence-electron chi connectivity index (χ4n) is 4.76. The van der Waals surface area contributed by atoms with E-state index in [1.165, 1.54) is 19.3 Å². The van der Waals surface area contributed by atoms with Gasteiger partial charge in [0.2, 0.25) is 0 Å². The molecule has 2 fully saturated rings. The van der Waals surface area contributed by atoms with Gasteiger partial charge in [0.1, 0.15) is 0 Å². The van der Waals surface area contributed by atoms with Crippen molar-refractivity contribution in [1.29, 1.82) is 0 Å². The molecule has 0 amide bonds. The van der Waals surface area contributed by atoms with Gasteiger partial charge in [-0.05, 0) is 77.0 Å². The number of hydrogen-bond acceptors (Lipinski definition) is 5. The number of fused-ring (bicyclic) bond motifs is 1. The van der Waals surface area contributed by atoms with E-state index in [-0.39, 0.29) is 17.6 Å².